The Labute approximate surface area is 156 Å². The van der Waals surface area contributed by atoms with Crippen LogP contribution in [0.1, 0.15) is 29.5 Å². The summed E-state index contributed by atoms with van der Waals surface area (Å²) in [5.74, 6) is 0.952. The van der Waals surface area contributed by atoms with Gasteiger partial charge in [0.1, 0.15) is 5.84 Å². The molecule has 2 aromatic rings. The Morgan fingerprint density at radius 1 is 1.12 bits per heavy atom. The van der Waals surface area contributed by atoms with Gasteiger partial charge >= 0.3 is 0 Å². The molecular weight excluding hydrogens is 316 g/mol. The van der Waals surface area contributed by atoms with E-state index in [-0.39, 0.29) is 0 Å². The molecular formula is C24H26N2. The van der Waals surface area contributed by atoms with Crippen LogP contribution in [0.4, 0.5) is 0 Å². The molecule has 0 heterocycles. The molecule has 0 aromatic heterocycles. The van der Waals surface area contributed by atoms with E-state index in [2.05, 4.69) is 90.1 Å². The monoisotopic (exact) mass is 342 g/mol. The molecule has 26 heavy (non-hydrogen) atoms. The van der Waals surface area contributed by atoms with Crippen LogP contribution in [-0.2, 0) is 6.42 Å². The van der Waals surface area contributed by atoms with Crippen LogP contribution in [0.25, 0.3) is 5.70 Å². The molecule has 0 fully saturated rings. The first-order chi connectivity index (χ1) is 12.8. The third-order valence-corrected chi connectivity index (χ3v) is 4.50. The molecule has 1 N–H and O–H groups in total. The normalized spacial score (nSPS) is 14.9. The largest absolute Gasteiger partial charge is 0.340 e. The van der Waals surface area contributed by atoms with Crippen molar-refractivity contribution in [3.63, 3.8) is 0 Å². The van der Waals surface area contributed by atoms with E-state index in [1.807, 2.05) is 13.1 Å². The second-order valence-corrected chi connectivity index (χ2v) is 6.53. The summed E-state index contributed by atoms with van der Waals surface area (Å²) < 4.78 is 0. The predicted octanol–water partition coefficient (Wildman–Crippen LogP) is 5.47. The van der Waals surface area contributed by atoms with Gasteiger partial charge in [0, 0.05) is 12.7 Å². The molecule has 0 spiro atoms. The Bertz CT molecular complexity index is 855. The zero-order valence-electron chi connectivity index (χ0n) is 15.6. The highest BCUT2D eigenvalue weighted by atomic mass is 15.0. The second kappa shape index (κ2) is 9.00. The first-order valence-electron chi connectivity index (χ1n) is 9.17. The van der Waals surface area contributed by atoms with Crippen molar-refractivity contribution in [1.29, 1.82) is 0 Å². The van der Waals surface area contributed by atoms with Gasteiger partial charge < -0.3 is 5.32 Å². The average Bonchev–Trinajstić information content (AvgIpc) is 2.70. The zero-order valence-corrected chi connectivity index (χ0v) is 15.6. The molecule has 132 valence electrons. The number of hydrogen-bond acceptors (Lipinski definition) is 1. The highest BCUT2D eigenvalue weighted by molar-refractivity contribution is 6.03. The van der Waals surface area contributed by atoms with Crippen LogP contribution >= 0.6 is 0 Å². The SMILES string of the molecule is CN=C(N/C(=C\Cc1cccc(C)c1)c1ccccc1)C1=CC=CCC1. The molecule has 0 saturated carbocycles. The number of nitrogens with one attached hydrogen (secondary N) is 1. The summed E-state index contributed by atoms with van der Waals surface area (Å²) in [7, 11) is 1.85. The molecule has 0 unspecified atom stereocenters. The zero-order chi connectivity index (χ0) is 18.2. The lowest BCUT2D eigenvalue weighted by Crippen LogP contribution is -2.24. The first-order valence-corrected chi connectivity index (χ1v) is 9.17. The third kappa shape index (κ3) is 4.82. The maximum absolute atomic E-state index is 4.51. The summed E-state index contributed by atoms with van der Waals surface area (Å²) in [4.78, 5) is 4.51. The highest BCUT2D eigenvalue weighted by Crippen LogP contribution is 2.18. The summed E-state index contributed by atoms with van der Waals surface area (Å²) in [6.45, 7) is 2.13. The van der Waals surface area contributed by atoms with Gasteiger partial charge in [0.25, 0.3) is 0 Å². The van der Waals surface area contributed by atoms with Gasteiger partial charge in [0.15, 0.2) is 0 Å². The van der Waals surface area contributed by atoms with Crippen molar-refractivity contribution in [2.45, 2.75) is 26.2 Å². The number of rotatable bonds is 5. The van der Waals surface area contributed by atoms with Gasteiger partial charge in [0.2, 0.25) is 0 Å². The van der Waals surface area contributed by atoms with Crippen molar-refractivity contribution >= 4 is 11.5 Å². The Morgan fingerprint density at radius 2 is 1.96 bits per heavy atom. The maximum Gasteiger partial charge on any atom is 0.128 e. The Kier molecular flexibility index (Phi) is 6.21. The standard InChI is InChI=1S/C24H26N2/c1-19-10-9-11-20(18-19)16-17-23(21-12-5-3-6-13-21)26-24(25-2)22-14-7-4-8-15-22/h3-7,9-14,17-18H,8,15-16H2,1-2H3,(H,25,26)/b23-17-. The molecule has 0 amide bonds. The number of hydrogen-bond donors (Lipinski definition) is 1. The van der Waals surface area contributed by atoms with Gasteiger partial charge in [-0.15, -0.1) is 0 Å². The molecule has 0 atom stereocenters. The summed E-state index contributed by atoms with van der Waals surface area (Å²) in [5, 5.41) is 3.58. The lowest BCUT2D eigenvalue weighted by atomic mass is 10.0. The lowest BCUT2D eigenvalue weighted by molar-refractivity contribution is 0.988. The van der Waals surface area contributed by atoms with Crippen molar-refractivity contribution in [3.8, 4) is 0 Å². The molecule has 0 aliphatic heterocycles. The summed E-state index contributed by atoms with van der Waals surface area (Å²) in [6.07, 6.45) is 11.7. The molecule has 1 aliphatic carbocycles. The molecule has 3 rings (SSSR count). The van der Waals surface area contributed by atoms with Gasteiger partial charge in [-0.2, -0.15) is 0 Å². The van der Waals surface area contributed by atoms with Gasteiger partial charge in [-0.3, -0.25) is 4.99 Å². The molecule has 0 bridgehead atoms. The smallest absolute Gasteiger partial charge is 0.128 e. The van der Waals surface area contributed by atoms with E-state index in [4.69, 9.17) is 0 Å². The van der Waals surface area contributed by atoms with Crippen LogP contribution in [0.3, 0.4) is 0 Å². The van der Waals surface area contributed by atoms with E-state index in [1.165, 1.54) is 22.3 Å². The Balaban J connectivity index is 1.87. The summed E-state index contributed by atoms with van der Waals surface area (Å²) in [6, 6.07) is 19.1. The predicted molar refractivity (Wildman–Crippen MR) is 112 cm³/mol. The molecule has 0 saturated heterocycles. The minimum atomic E-state index is 0.884. The third-order valence-electron chi connectivity index (χ3n) is 4.50. The van der Waals surface area contributed by atoms with E-state index in [0.29, 0.717) is 0 Å². The lowest BCUT2D eigenvalue weighted by Gasteiger charge is -2.17. The summed E-state index contributed by atoms with van der Waals surface area (Å²) >= 11 is 0. The van der Waals surface area contributed by atoms with Gasteiger partial charge in [-0.05, 0) is 42.9 Å². The van der Waals surface area contributed by atoms with Crippen LogP contribution in [0.2, 0.25) is 0 Å². The fourth-order valence-corrected chi connectivity index (χ4v) is 3.13. The molecule has 1 aliphatic rings. The number of amidine groups is 1. The number of allylic oxidation sites excluding steroid dienone is 4. The number of nitrogens with zero attached hydrogens (tertiary/aromatic N) is 1. The fraction of sp³-hybridized carbons (Fsp3) is 0.208. The van der Waals surface area contributed by atoms with Gasteiger partial charge in [-0.25, -0.2) is 0 Å². The van der Waals surface area contributed by atoms with Crippen LogP contribution < -0.4 is 5.32 Å². The fourth-order valence-electron chi connectivity index (χ4n) is 3.13. The highest BCUT2D eigenvalue weighted by Gasteiger charge is 2.10. The molecule has 2 nitrogen and oxygen atoms in total. The van der Waals surface area contributed by atoms with Crippen molar-refractivity contribution in [2.24, 2.45) is 4.99 Å². The number of aryl methyl sites for hydroxylation is 1. The molecule has 2 aromatic carbocycles. The van der Waals surface area contributed by atoms with Crippen molar-refractivity contribution in [2.75, 3.05) is 7.05 Å². The second-order valence-electron chi connectivity index (χ2n) is 6.53. The van der Waals surface area contributed by atoms with Gasteiger partial charge in [0.05, 0.1) is 0 Å². The van der Waals surface area contributed by atoms with Crippen LogP contribution in [-0.4, -0.2) is 12.9 Å². The first kappa shape index (κ1) is 17.9. The minimum absolute atomic E-state index is 0.884. The molecule has 0 radical (unpaired) electrons. The minimum Gasteiger partial charge on any atom is -0.340 e. The molecule has 2 heteroatoms. The van der Waals surface area contributed by atoms with E-state index in [0.717, 1.165) is 30.8 Å². The van der Waals surface area contributed by atoms with Crippen LogP contribution in [0, 0.1) is 6.92 Å². The summed E-state index contributed by atoms with van der Waals surface area (Å²) in [5.41, 5.74) is 6.14. The number of benzene rings is 2. The number of aliphatic imine (C=N–C) groups is 1. The van der Waals surface area contributed by atoms with E-state index >= 15 is 0 Å². The van der Waals surface area contributed by atoms with E-state index in [1.54, 1.807) is 0 Å². The van der Waals surface area contributed by atoms with E-state index < -0.39 is 0 Å². The van der Waals surface area contributed by atoms with E-state index in [9.17, 15) is 0 Å². The quantitative estimate of drug-likeness (QED) is 0.565. The Hall–Kier alpha value is -2.87. The van der Waals surface area contributed by atoms with Crippen molar-refractivity contribution < 1.29 is 0 Å². The van der Waals surface area contributed by atoms with Crippen LogP contribution in [0.5, 0.6) is 0 Å². The topological polar surface area (TPSA) is 24.4 Å². The Morgan fingerprint density at radius 3 is 2.65 bits per heavy atom. The average molecular weight is 342 g/mol. The van der Waals surface area contributed by atoms with Gasteiger partial charge in [-0.1, -0.05) is 84.5 Å². The van der Waals surface area contributed by atoms with Crippen LogP contribution in [0.15, 0.2) is 89.5 Å². The van der Waals surface area contributed by atoms with Crippen molar-refractivity contribution in [1.82, 2.24) is 5.32 Å². The van der Waals surface area contributed by atoms with Crippen molar-refractivity contribution in [3.05, 3.63) is 101 Å². The maximum atomic E-state index is 4.51.